The highest BCUT2D eigenvalue weighted by Gasteiger charge is 2.41. The summed E-state index contributed by atoms with van der Waals surface area (Å²) in [5.74, 6) is -0.284. The van der Waals surface area contributed by atoms with E-state index in [-0.39, 0.29) is 24.6 Å². The van der Waals surface area contributed by atoms with E-state index in [4.69, 9.17) is 17.0 Å². The zero-order valence-electron chi connectivity index (χ0n) is 14.4. The minimum Gasteiger partial charge on any atom is -0.465 e. The SMILES string of the molecule is CCOC(=O)CN1C(=S)N[C@H](c2ccccn2)[C@H]1c1cccn1CC. The van der Waals surface area contributed by atoms with Crippen LogP contribution < -0.4 is 5.32 Å². The number of rotatable bonds is 6. The molecule has 132 valence electrons. The summed E-state index contributed by atoms with van der Waals surface area (Å²) in [6.45, 7) is 5.20. The Labute approximate surface area is 152 Å². The van der Waals surface area contributed by atoms with Crippen molar-refractivity contribution in [3.8, 4) is 0 Å². The molecule has 0 amide bonds. The molecule has 0 bridgehead atoms. The molecule has 3 rings (SSSR count). The molecule has 3 heterocycles. The Morgan fingerprint density at radius 2 is 2.16 bits per heavy atom. The minimum absolute atomic E-state index is 0.114. The van der Waals surface area contributed by atoms with Gasteiger partial charge in [0.25, 0.3) is 0 Å². The molecule has 0 aliphatic carbocycles. The van der Waals surface area contributed by atoms with E-state index >= 15 is 0 Å². The molecule has 7 heteroatoms. The van der Waals surface area contributed by atoms with Crippen LogP contribution in [0, 0.1) is 0 Å². The van der Waals surface area contributed by atoms with E-state index in [0.717, 1.165) is 17.9 Å². The molecule has 0 spiro atoms. The van der Waals surface area contributed by atoms with Gasteiger partial charge in [0.05, 0.1) is 24.4 Å². The van der Waals surface area contributed by atoms with Gasteiger partial charge in [-0.2, -0.15) is 0 Å². The lowest BCUT2D eigenvalue weighted by molar-refractivity contribution is -0.143. The molecule has 0 radical (unpaired) electrons. The van der Waals surface area contributed by atoms with E-state index in [9.17, 15) is 4.79 Å². The van der Waals surface area contributed by atoms with Gasteiger partial charge in [0, 0.05) is 24.6 Å². The minimum atomic E-state index is -0.284. The second-order valence-corrected chi connectivity index (χ2v) is 6.17. The number of esters is 1. The first-order valence-electron chi connectivity index (χ1n) is 8.44. The third-order valence-corrected chi connectivity index (χ3v) is 4.66. The lowest BCUT2D eigenvalue weighted by Gasteiger charge is -2.27. The standard InChI is InChI=1S/C18H22N4O2S/c1-3-21-11-7-9-14(21)17-16(13-8-5-6-10-19-13)20-18(25)22(17)12-15(23)24-4-2/h5-11,16-17H,3-4,12H2,1-2H3,(H,20,25)/t16-,17-/m1/s1. The zero-order chi connectivity index (χ0) is 17.8. The second-order valence-electron chi connectivity index (χ2n) is 5.78. The van der Waals surface area contributed by atoms with Crippen LogP contribution in [0.1, 0.15) is 37.3 Å². The summed E-state index contributed by atoms with van der Waals surface area (Å²) in [4.78, 5) is 18.5. The lowest BCUT2D eigenvalue weighted by Crippen LogP contribution is -2.36. The lowest BCUT2D eigenvalue weighted by atomic mass is 10.0. The largest absolute Gasteiger partial charge is 0.465 e. The maximum absolute atomic E-state index is 12.1. The molecular formula is C18H22N4O2S. The quantitative estimate of drug-likeness (QED) is 0.632. The predicted octanol–water partition coefficient (Wildman–Crippen LogP) is 2.44. The van der Waals surface area contributed by atoms with Crippen LogP contribution in [0.3, 0.4) is 0 Å². The van der Waals surface area contributed by atoms with Gasteiger partial charge in [-0.25, -0.2) is 0 Å². The molecule has 6 nitrogen and oxygen atoms in total. The van der Waals surface area contributed by atoms with Crippen molar-refractivity contribution in [2.45, 2.75) is 32.5 Å². The first-order chi connectivity index (χ1) is 12.2. The molecule has 0 unspecified atom stereocenters. The molecule has 2 aromatic rings. The smallest absolute Gasteiger partial charge is 0.325 e. The molecule has 1 saturated heterocycles. The fraction of sp³-hybridized carbons (Fsp3) is 0.389. The van der Waals surface area contributed by atoms with Crippen LogP contribution in [0.25, 0.3) is 0 Å². The highest BCUT2D eigenvalue weighted by atomic mass is 32.1. The number of nitrogens with zero attached hydrogens (tertiary/aromatic N) is 3. The number of hydrogen-bond acceptors (Lipinski definition) is 4. The van der Waals surface area contributed by atoms with Crippen LogP contribution in [0.5, 0.6) is 0 Å². The molecular weight excluding hydrogens is 336 g/mol. The van der Waals surface area contributed by atoms with Crippen molar-refractivity contribution in [2.75, 3.05) is 13.2 Å². The zero-order valence-corrected chi connectivity index (χ0v) is 15.2. The Kier molecular flexibility index (Phi) is 5.33. The van der Waals surface area contributed by atoms with Crippen LogP contribution in [0.15, 0.2) is 42.7 Å². The van der Waals surface area contributed by atoms with E-state index < -0.39 is 0 Å². The Balaban J connectivity index is 1.99. The number of pyridine rings is 1. The van der Waals surface area contributed by atoms with Gasteiger partial charge in [0.1, 0.15) is 6.54 Å². The third kappa shape index (κ3) is 3.51. The summed E-state index contributed by atoms with van der Waals surface area (Å²) in [6.07, 6.45) is 3.80. The van der Waals surface area contributed by atoms with Crippen LogP contribution in [-0.4, -0.2) is 38.7 Å². The van der Waals surface area contributed by atoms with Crippen molar-refractivity contribution in [1.82, 2.24) is 19.8 Å². The molecule has 25 heavy (non-hydrogen) atoms. The summed E-state index contributed by atoms with van der Waals surface area (Å²) in [5, 5.41) is 3.87. The van der Waals surface area contributed by atoms with Gasteiger partial charge in [-0.1, -0.05) is 6.07 Å². The Morgan fingerprint density at radius 1 is 1.32 bits per heavy atom. The average Bonchev–Trinajstić information content (AvgIpc) is 3.20. The average molecular weight is 358 g/mol. The fourth-order valence-corrected chi connectivity index (χ4v) is 3.53. The van der Waals surface area contributed by atoms with Crippen LogP contribution in [0.4, 0.5) is 0 Å². The van der Waals surface area contributed by atoms with Gasteiger partial charge in [0.2, 0.25) is 0 Å². The highest BCUT2D eigenvalue weighted by Crippen LogP contribution is 2.38. The molecule has 2 aromatic heterocycles. The van der Waals surface area contributed by atoms with Crippen molar-refractivity contribution in [2.24, 2.45) is 0 Å². The van der Waals surface area contributed by atoms with E-state index in [0.29, 0.717) is 11.7 Å². The fourth-order valence-electron chi connectivity index (χ4n) is 3.23. The maximum atomic E-state index is 12.1. The van der Waals surface area contributed by atoms with Gasteiger partial charge < -0.3 is 19.5 Å². The number of carbonyl (C=O) groups excluding carboxylic acids is 1. The van der Waals surface area contributed by atoms with Gasteiger partial charge in [-0.3, -0.25) is 9.78 Å². The topological polar surface area (TPSA) is 59.4 Å². The van der Waals surface area contributed by atoms with Gasteiger partial charge in [-0.15, -0.1) is 0 Å². The van der Waals surface area contributed by atoms with Gasteiger partial charge in [0.15, 0.2) is 5.11 Å². The molecule has 0 saturated carbocycles. The number of hydrogen-bond donors (Lipinski definition) is 1. The monoisotopic (exact) mass is 358 g/mol. The Morgan fingerprint density at radius 3 is 2.84 bits per heavy atom. The van der Waals surface area contributed by atoms with Crippen molar-refractivity contribution in [3.63, 3.8) is 0 Å². The summed E-state index contributed by atoms with van der Waals surface area (Å²) < 4.78 is 7.29. The number of carbonyl (C=O) groups is 1. The van der Waals surface area contributed by atoms with Crippen molar-refractivity contribution in [1.29, 1.82) is 0 Å². The summed E-state index contributed by atoms with van der Waals surface area (Å²) in [6, 6.07) is 9.65. The number of nitrogens with one attached hydrogen (secondary N) is 1. The third-order valence-electron chi connectivity index (χ3n) is 4.31. The van der Waals surface area contributed by atoms with E-state index in [1.54, 1.807) is 13.1 Å². The number of ether oxygens (including phenoxy) is 1. The van der Waals surface area contributed by atoms with Gasteiger partial charge in [-0.05, 0) is 50.3 Å². The summed E-state index contributed by atoms with van der Waals surface area (Å²) in [5.41, 5.74) is 1.99. The Bertz CT molecular complexity index is 747. The molecule has 0 aromatic carbocycles. The predicted molar refractivity (Wildman–Crippen MR) is 98.9 cm³/mol. The van der Waals surface area contributed by atoms with Gasteiger partial charge >= 0.3 is 5.97 Å². The highest BCUT2D eigenvalue weighted by molar-refractivity contribution is 7.80. The van der Waals surface area contributed by atoms with Crippen LogP contribution in [0.2, 0.25) is 0 Å². The Hall–Kier alpha value is -2.41. The summed E-state index contributed by atoms with van der Waals surface area (Å²) >= 11 is 5.52. The van der Waals surface area contributed by atoms with E-state index in [2.05, 4.69) is 27.9 Å². The molecule has 2 atom stereocenters. The maximum Gasteiger partial charge on any atom is 0.325 e. The molecule has 1 aliphatic rings. The van der Waals surface area contributed by atoms with Crippen LogP contribution in [-0.2, 0) is 16.1 Å². The van der Waals surface area contributed by atoms with E-state index in [1.165, 1.54) is 0 Å². The number of thiocarbonyl (C=S) groups is 1. The molecule has 1 fully saturated rings. The van der Waals surface area contributed by atoms with Crippen molar-refractivity contribution >= 4 is 23.3 Å². The first kappa shape index (κ1) is 17.4. The first-order valence-corrected chi connectivity index (χ1v) is 8.85. The van der Waals surface area contributed by atoms with Crippen LogP contribution >= 0.6 is 12.2 Å². The second kappa shape index (κ2) is 7.65. The number of aromatic nitrogens is 2. The molecule has 1 N–H and O–H groups in total. The summed E-state index contributed by atoms with van der Waals surface area (Å²) in [7, 11) is 0. The van der Waals surface area contributed by atoms with E-state index in [1.807, 2.05) is 35.4 Å². The van der Waals surface area contributed by atoms with Crippen molar-refractivity contribution in [3.05, 3.63) is 54.1 Å². The molecule has 1 aliphatic heterocycles. The number of aryl methyl sites for hydroxylation is 1. The van der Waals surface area contributed by atoms with Crippen molar-refractivity contribution < 1.29 is 9.53 Å². The normalized spacial score (nSPS) is 19.8.